The Balaban J connectivity index is 5.76. The highest BCUT2D eigenvalue weighted by Crippen LogP contribution is 2.34. The van der Waals surface area contributed by atoms with Crippen molar-refractivity contribution in [3.63, 3.8) is 0 Å². The molecule has 124 valence electrons. The van der Waals surface area contributed by atoms with Crippen LogP contribution in [-0.4, -0.2) is 32.9 Å². The smallest absolute Gasteiger partial charge is 0.371 e. The van der Waals surface area contributed by atoms with Crippen molar-refractivity contribution in [3.8, 4) is 0 Å². The van der Waals surface area contributed by atoms with E-state index in [1.807, 2.05) is 48.5 Å². The first-order valence-electron chi connectivity index (χ1n) is 7.78. The summed E-state index contributed by atoms with van der Waals surface area (Å²) in [5, 5.41) is 0. The Morgan fingerprint density at radius 2 is 1.29 bits per heavy atom. The van der Waals surface area contributed by atoms with Crippen LogP contribution in [0.1, 0.15) is 61.8 Å². The summed E-state index contributed by atoms with van der Waals surface area (Å²) in [6, 6.07) is 0. The minimum absolute atomic E-state index is 0.0221. The van der Waals surface area contributed by atoms with Gasteiger partial charge in [-0.3, -0.25) is 4.79 Å². The summed E-state index contributed by atoms with van der Waals surface area (Å²) >= 11 is 0. The number of carbonyl (C=O) groups is 1. The summed E-state index contributed by atoms with van der Waals surface area (Å²) < 4.78 is 18.3. The Labute approximate surface area is 131 Å². The van der Waals surface area contributed by atoms with Crippen LogP contribution < -0.4 is 0 Å². The van der Waals surface area contributed by atoms with Gasteiger partial charge in [-0.25, -0.2) is 0 Å². The highest BCUT2D eigenvalue weighted by Gasteiger charge is 2.54. The highest BCUT2D eigenvalue weighted by molar-refractivity contribution is 6.67. The van der Waals surface area contributed by atoms with Crippen molar-refractivity contribution in [1.29, 1.82) is 0 Å². The Bertz CT molecular complexity index is 324. The molecule has 5 heteroatoms. The minimum atomic E-state index is -3.15. The normalized spacial score (nSPS) is 14.0. The molecule has 0 saturated heterocycles. The quantitative estimate of drug-likeness (QED) is 0.449. The second kappa shape index (κ2) is 8.83. The van der Waals surface area contributed by atoms with E-state index in [2.05, 4.69) is 6.58 Å². The zero-order valence-electron chi connectivity index (χ0n) is 14.9. The van der Waals surface area contributed by atoms with Crippen molar-refractivity contribution in [3.05, 3.63) is 12.2 Å². The SMILES string of the molecule is C=C(C)C(=O)C(CC)[Si](OC(C)C)(OC(C)C)OC(C)C. The molecule has 4 nitrogen and oxygen atoms in total. The van der Waals surface area contributed by atoms with E-state index < -0.39 is 14.3 Å². The molecular formula is C16H32O4Si. The molecule has 0 aromatic rings. The summed E-state index contributed by atoms with van der Waals surface area (Å²) in [6.07, 6.45) is 0.410. The number of carbonyl (C=O) groups excluding carboxylic acids is 1. The summed E-state index contributed by atoms with van der Waals surface area (Å²) in [5.41, 5.74) is 0.119. The standard InChI is InChI=1S/C16H32O4Si/c1-10-15(16(17)11(2)3)21(18-12(4)5,19-13(6)7)20-14(8)9/h12-15H,2,10H2,1,3-9H3. The van der Waals surface area contributed by atoms with Crippen molar-refractivity contribution >= 4 is 14.6 Å². The topological polar surface area (TPSA) is 44.8 Å². The van der Waals surface area contributed by atoms with Crippen molar-refractivity contribution in [2.45, 2.75) is 85.7 Å². The average molecular weight is 317 g/mol. The maximum Gasteiger partial charge on any atom is 0.512 e. The highest BCUT2D eigenvalue weighted by atomic mass is 28.4. The lowest BCUT2D eigenvalue weighted by Gasteiger charge is -2.38. The molecule has 0 aromatic carbocycles. The first-order chi connectivity index (χ1) is 9.55. The van der Waals surface area contributed by atoms with E-state index in [0.717, 1.165) is 0 Å². The molecule has 0 N–H and O–H groups in total. The van der Waals surface area contributed by atoms with Gasteiger partial charge >= 0.3 is 8.80 Å². The first kappa shape index (κ1) is 20.5. The van der Waals surface area contributed by atoms with Crippen LogP contribution in [0.2, 0.25) is 5.54 Å². The fourth-order valence-corrected chi connectivity index (χ4v) is 5.91. The lowest BCUT2D eigenvalue weighted by molar-refractivity contribution is -0.117. The third-order valence-corrected chi connectivity index (χ3v) is 6.70. The molecule has 0 radical (unpaired) electrons. The molecule has 0 aliphatic heterocycles. The molecule has 0 spiro atoms. The van der Waals surface area contributed by atoms with Crippen molar-refractivity contribution in [2.75, 3.05) is 0 Å². The summed E-state index contributed by atoms with van der Waals surface area (Å²) in [5.74, 6) is -0.0221. The molecule has 0 aliphatic carbocycles. The van der Waals surface area contributed by atoms with Gasteiger partial charge in [0.05, 0.1) is 5.54 Å². The van der Waals surface area contributed by atoms with Crippen molar-refractivity contribution in [2.24, 2.45) is 0 Å². The number of ketones is 1. The Morgan fingerprint density at radius 1 is 0.952 bits per heavy atom. The molecule has 0 fully saturated rings. The third-order valence-electron chi connectivity index (χ3n) is 2.77. The van der Waals surface area contributed by atoms with Gasteiger partial charge in [0.1, 0.15) is 0 Å². The Kier molecular flexibility index (Phi) is 8.62. The lowest BCUT2D eigenvalue weighted by atomic mass is 10.1. The van der Waals surface area contributed by atoms with Crippen LogP contribution in [0.3, 0.4) is 0 Å². The molecule has 0 amide bonds. The molecular weight excluding hydrogens is 284 g/mol. The minimum Gasteiger partial charge on any atom is -0.371 e. The predicted octanol–water partition coefficient (Wildman–Crippen LogP) is 4.13. The number of Topliss-reactive ketones (excluding diaryl/α,β-unsaturated/α-hetero) is 1. The summed E-state index contributed by atoms with van der Waals surface area (Å²) in [7, 11) is -3.15. The molecule has 1 atom stereocenters. The number of allylic oxidation sites excluding steroid dienone is 1. The third kappa shape index (κ3) is 6.42. The van der Waals surface area contributed by atoms with Crippen molar-refractivity contribution < 1.29 is 18.1 Å². The van der Waals surface area contributed by atoms with E-state index in [0.29, 0.717) is 12.0 Å². The van der Waals surface area contributed by atoms with Gasteiger partial charge in [-0.15, -0.1) is 0 Å². The van der Waals surface area contributed by atoms with Gasteiger partial charge < -0.3 is 13.3 Å². The molecule has 1 unspecified atom stereocenters. The second-order valence-electron chi connectivity index (χ2n) is 6.21. The summed E-state index contributed by atoms with van der Waals surface area (Å²) in [6.45, 7) is 19.1. The van der Waals surface area contributed by atoms with Crippen molar-refractivity contribution in [1.82, 2.24) is 0 Å². The van der Waals surface area contributed by atoms with E-state index in [4.69, 9.17) is 13.3 Å². The van der Waals surface area contributed by atoms with E-state index in [1.165, 1.54) is 0 Å². The summed E-state index contributed by atoms with van der Waals surface area (Å²) in [4.78, 5) is 12.6. The molecule has 0 aliphatic rings. The van der Waals surface area contributed by atoms with E-state index in [9.17, 15) is 4.79 Å². The molecule has 21 heavy (non-hydrogen) atoms. The average Bonchev–Trinajstić information content (AvgIpc) is 2.25. The van der Waals surface area contributed by atoms with Gasteiger partial charge in [-0.2, -0.15) is 0 Å². The predicted molar refractivity (Wildman–Crippen MR) is 88.3 cm³/mol. The van der Waals surface area contributed by atoms with Gasteiger partial charge in [0.25, 0.3) is 0 Å². The zero-order valence-corrected chi connectivity index (χ0v) is 15.9. The monoisotopic (exact) mass is 316 g/mol. The van der Waals surface area contributed by atoms with Crippen LogP contribution in [0, 0.1) is 0 Å². The number of hydrogen-bond donors (Lipinski definition) is 0. The Morgan fingerprint density at radius 3 is 1.48 bits per heavy atom. The number of rotatable bonds is 10. The van der Waals surface area contributed by atoms with Gasteiger partial charge in [0.2, 0.25) is 0 Å². The van der Waals surface area contributed by atoms with Crippen LogP contribution in [-0.2, 0) is 18.1 Å². The maximum absolute atomic E-state index is 12.6. The van der Waals surface area contributed by atoms with Crippen LogP contribution >= 0.6 is 0 Å². The molecule has 0 saturated carbocycles. The fraction of sp³-hybridized carbons (Fsp3) is 0.812. The van der Waals surface area contributed by atoms with Crippen LogP contribution in [0.15, 0.2) is 12.2 Å². The lowest BCUT2D eigenvalue weighted by Crippen LogP contribution is -2.56. The van der Waals surface area contributed by atoms with Gasteiger partial charge in [0, 0.05) is 18.3 Å². The molecule has 0 rings (SSSR count). The van der Waals surface area contributed by atoms with Gasteiger partial charge in [0.15, 0.2) is 5.78 Å². The Hall–Kier alpha value is -0.493. The maximum atomic E-state index is 12.6. The molecule has 0 bridgehead atoms. The zero-order chi connectivity index (χ0) is 16.8. The van der Waals surface area contributed by atoms with E-state index in [-0.39, 0.29) is 24.1 Å². The van der Waals surface area contributed by atoms with Crippen LogP contribution in [0.5, 0.6) is 0 Å². The second-order valence-corrected chi connectivity index (χ2v) is 8.82. The first-order valence-corrected chi connectivity index (χ1v) is 9.59. The van der Waals surface area contributed by atoms with Crippen LogP contribution in [0.25, 0.3) is 0 Å². The fourth-order valence-electron chi connectivity index (χ4n) is 2.21. The van der Waals surface area contributed by atoms with E-state index >= 15 is 0 Å². The van der Waals surface area contributed by atoms with Crippen LogP contribution in [0.4, 0.5) is 0 Å². The van der Waals surface area contributed by atoms with Gasteiger partial charge in [-0.05, 0) is 60.5 Å². The largest absolute Gasteiger partial charge is 0.512 e. The number of hydrogen-bond acceptors (Lipinski definition) is 4. The molecule has 0 aromatic heterocycles. The van der Waals surface area contributed by atoms with Gasteiger partial charge in [-0.1, -0.05) is 13.5 Å². The molecule has 0 heterocycles. The van der Waals surface area contributed by atoms with E-state index in [1.54, 1.807) is 6.92 Å².